The smallest absolute Gasteiger partial charge is 0.267 e. The SMILES string of the molecule is COc1cc(CCN)c(O)c(C(F)F)c1. The third-order valence-corrected chi connectivity index (χ3v) is 2.08. The van der Waals surface area contributed by atoms with Gasteiger partial charge in [0.25, 0.3) is 6.43 Å². The number of aromatic hydroxyl groups is 1. The van der Waals surface area contributed by atoms with Crippen LogP contribution < -0.4 is 10.5 Å². The van der Waals surface area contributed by atoms with E-state index in [1.165, 1.54) is 13.2 Å². The summed E-state index contributed by atoms with van der Waals surface area (Å²) in [7, 11) is 1.38. The van der Waals surface area contributed by atoms with Gasteiger partial charge in [-0.2, -0.15) is 0 Å². The predicted molar refractivity (Wildman–Crippen MR) is 52.4 cm³/mol. The van der Waals surface area contributed by atoms with Crippen LogP contribution in [0, 0.1) is 0 Å². The first-order valence-electron chi connectivity index (χ1n) is 4.48. The number of benzene rings is 1. The van der Waals surface area contributed by atoms with E-state index in [4.69, 9.17) is 10.5 Å². The molecule has 1 aromatic carbocycles. The maximum absolute atomic E-state index is 12.5. The van der Waals surface area contributed by atoms with E-state index >= 15 is 0 Å². The molecule has 15 heavy (non-hydrogen) atoms. The molecule has 0 unspecified atom stereocenters. The van der Waals surface area contributed by atoms with E-state index in [1.807, 2.05) is 0 Å². The summed E-state index contributed by atoms with van der Waals surface area (Å²) in [5.41, 5.74) is 5.27. The summed E-state index contributed by atoms with van der Waals surface area (Å²) in [6, 6.07) is 2.63. The summed E-state index contributed by atoms with van der Waals surface area (Å²) >= 11 is 0. The molecular weight excluding hydrogens is 204 g/mol. The van der Waals surface area contributed by atoms with Crippen LogP contribution in [-0.4, -0.2) is 18.8 Å². The summed E-state index contributed by atoms with van der Waals surface area (Å²) in [5.74, 6) is -0.0946. The second-order valence-electron chi connectivity index (χ2n) is 3.06. The monoisotopic (exact) mass is 217 g/mol. The van der Waals surface area contributed by atoms with Crippen LogP contribution in [0.15, 0.2) is 12.1 Å². The van der Waals surface area contributed by atoms with Crippen LogP contribution in [0.4, 0.5) is 8.78 Å². The van der Waals surface area contributed by atoms with E-state index in [2.05, 4.69) is 0 Å². The Kier molecular flexibility index (Phi) is 3.85. The minimum atomic E-state index is -2.73. The van der Waals surface area contributed by atoms with Gasteiger partial charge in [0.05, 0.1) is 12.7 Å². The first-order valence-corrected chi connectivity index (χ1v) is 4.48. The highest BCUT2D eigenvalue weighted by atomic mass is 19.3. The molecule has 84 valence electrons. The quantitative estimate of drug-likeness (QED) is 0.809. The lowest BCUT2D eigenvalue weighted by molar-refractivity contribution is 0.147. The van der Waals surface area contributed by atoms with Gasteiger partial charge < -0.3 is 15.6 Å². The first kappa shape index (κ1) is 11.7. The molecule has 0 fully saturated rings. The van der Waals surface area contributed by atoms with Crippen molar-refractivity contribution in [2.24, 2.45) is 5.73 Å². The molecule has 0 radical (unpaired) electrons. The van der Waals surface area contributed by atoms with E-state index in [1.54, 1.807) is 0 Å². The Morgan fingerprint density at radius 3 is 2.60 bits per heavy atom. The van der Waals surface area contributed by atoms with Crippen molar-refractivity contribution in [2.45, 2.75) is 12.8 Å². The average Bonchev–Trinajstić information content (AvgIpc) is 2.21. The van der Waals surface area contributed by atoms with E-state index < -0.39 is 17.7 Å². The van der Waals surface area contributed by atoms with Gasteiger partial charge >= 0.3 is 0 Å². The van der Waals surface area contributed by atoms with Crippen molar-refractivity contribution in [1.82, 2.24) is 0 Å². The lowest BCUT2D eigenvalue weighted by Crippen LogP contribution is -2.04. The normalized spacial score (nSPS) is 10.7. The molecule has 0 aliphatic heterocycles. The van der Waals surface area contributed by atoms with Crippen LogP contribution in [0.2, 0.25) is 0 Å². The molecule has 0 aromatic heterocycles. The second kappa shape index (κ2) is 4.93. The number of halogens is 2. The minimum Gasteiger partial charge on any atom is -0.507 e. The maximum atomic E-state index is 12.5. The molecule has 1 rings (SSSR count). The Labute approximate surface area is 86.5 Å². The molecule has 0 aliphatic carbocycles. The van der Waals surface area contributed by atoms with Crippen LogP contribution in [0.25, 0.3) is 0 Å². The zero-order valence-electron chi connectivity index (χ0n) is 8.34. The molecule has 1 aromatic rings. The number of hydrogen-bond donors (Lipinski definition) is 2. The van der Waals surface area contributed by atoms with E-state index in [0.29, 0.717) is 17.7 Å². The standard InChI is InChI=1S/C10H13F2NO2/c1-15-7-4-6(2-3-13)9(14)8(5-7)10(11)12/h4-5,10,14H,2-3,13H2,1H3. The molecule has 5 heteroatoms. The van der Waals surface area contributed by atoms with Crippen LogP contribution in [0.3, 0.4) is 0 Å². The molecule has 0 saturated heterocycles. The highest BCUT2D eigenvalue weighted by Crippen LogP contribution is 2.35. The number of ether oxygens (including phenoxy) is 1. The number of phenolic OH excluding ortho intramolecular Hbond substituents is 1. The van der Waals surface area contributed by atoms with Crippen molar-refractivity contribution in [3.63, 3.8) is 0 Å². The number of methoxy groups -OCH3 is 1. The van der Waals surface area contributed by atoms with Crippen LogP contribution in [0.5, 0.6) is 11.5 Å². The molecule has 3 N–H and O–H groups in total. The molecule has 0 amide bonds. The van der Waals surface area contributed by atoms with Crippen molar-refractivity contribution in [2.75, 3.05) is 13.7 Å². The summed E-state index contributed by atoms with van der Waals surface area (Å²) in [5, 5.41) is 9.52. The summed E-state index contributed by atoms with van der Waals surface area (Å²) in [6.07, 6.45) is -2.39. The fourth-order valence-corrected chi connectivity index (χ4v) is 1.32. The van der Waals surface area contributed by atoms with Crippen molar-refractivity contribution >= 4 is 0 Å². The number of rotatable bonds is 4. The highest BCUT2D eigenvalue weighted by molar-refractivity contribution is 5.47. The first-order chi connectivity index (χ1) is 7.10. The van der Waals surface area contributed by atoms with Gasteiger partial charge in [0.15, 0.2) is 0 Å². The largest absolute Gasteiger partial charge is 0.507 e. The van der Waals surface area contributed by atoms with Gasteiger partial charge in [-0.1, -0.05) is 0 Å². The molecule has 0 spiro atoms. The number of hydrogen-bond acceptors (Lipinski definition) is 3. The summed E-state index contributed by atoms with van der Waals surface area (Å²) in [6.45, 7) is 0.281. The van der Waals surface area contributed by atoms with E-state index in [-0.39, 0.29) is 6.54 Å². The molecule has 0 saturated carbocycles. The molecule has 3 nitrogen and oxygen atoms in total. The lowest BCUT2D eigenvalue weighted by Gasteiger charge is -2.11. The lowest BCUT2D eigenvalue weighted by atomic mass is 10.1. The van der Waals surface area contributed by atoms with E-state index in [9.17, 15) is 13.9 Å². The highest BCUT2D eigenvalue weighted by Gasteiger charge is 2.17. The van der Waals surface area contributed by atoms with Gasteiger partial charge in [0.2, 0.25) is 0 Å². The topological polar surface area (TPSA) is 55.5 Å². The molecule has 0 atom stereocenters. The molecular formula is C10H13F2NO2. The third kappa shape index (κ3) is 2.56. The zero-order valence-corrected chi connectivity index (χ0v) is 8.34. The predicted octanol–water partition coefficient (Wildman–Crippen LogP) is 1.84. The number of phenols is 1. The summed E-state index contributed by atoms with van der Waals surface area (Å²) < 4.78 is 29.9. The molecule has 0 bridgehead atoms. The van der Waals surface area contributed by atoms with Crippen LogP contribution >= 0.6 is 0 Å². The van der Waals surface area contributed by atoms with Crippen LogP contribution in [-0.2, 0) is 6.42 Å². The maximum Gasteiger partial charge on any atom is 0.267 e. The van der Waals surface area contributed by atoms with Crippen molar-refractivity contribution in [3.05, 3.63) is 23.3 Å². The van der Waals surface area contributed by atoms with E-state index in [0.717, 1.165) is 6.07 Å². The second-order valence-corrected chi connectivity index (χ2v) is 3.06. The molecule has 0 heterocycles. The van der Waals surface area contributed by atoms with Crippen LogP contribution in [0.1, 0.15) is 17.6 Å². The number of nitrogens with two attached hydrogens (primary N) is 1. The van der Waals surface area contributed by atoms with Gasteiger partial charge in [0, 0.05) is 0 Å². The fourth-order valence-electron chi connectivity index (χ4n) is 1.32. The van der Waals surface area contributed by atoms with Gasteiger partial charge in [-0.15, -0.1) is 0 Å². The Hall–Kier alpha value is -1.36. The summed E-state index contributed by atoms with van der Waals surface area (Å²) in [4.78, 5) is 0. The van der Waals surface area contributed by atoms with Gasteiger partial charge in [0.1, 0.15) is 11.5 Å². The molecule has 0 aliphatic rings. The fraction of sp³-hybridized carbons (Fsp3) is 0.400. The Morgan fingerprint density at radius 2 is 2.13 bits per heavy atom. The van der Waals surface area contributed by atoms with Gasteiger partial charge in [-0.3, -0.25) is 0 Å². The Bertz CT molecular complexity index is 342. The average molecular weight is 217 g/mol. The Balaban J connectivity index is 3.20. The third-order valence-electron chi connectivity index (χ3n) is 2.08. The zero-order chi connectivity index (χ0) is 11.4. The van der Waals surface area contributed by atoms with Gasteiger partial charge in [-0.25, -0.2) is 8.78 Å². The minimum absolute atomic E-state index is 0.281. The van der Waals surface area contributed by atoms with Crippen molar-refractivity contribution in [3.8, 4) is 11.5 Å². The Morgan fingerprint density at radius 1 is 1.47 bits per heavy atom. The number of alkyl halides is 2. The van der Waals surface area contributed by atoms with Crippen molar-refractivity contribution in [1.29, 1.82) is 0 Å². The van der Waals surface area contributed by atoms with Gasteiger partial charge in [-0.05, 0) is 30.7 Å². The van der Waals surface area contributed by atoms with Crippen molar-refractivity contribution < 1.29 is 18.6 Å².